The van der Waals surface area contributed by atoms with Crippen molar-refractivity contribution >= 4 is 11.2 Å². The quantitative estimate of drug-likeness (QED) is 0.791. The van der Waals surface area contributed by atoms with Crippen LogP contribution in [0.5, 0.6) is 5.88 Å². The molecule has 0 fully saturated rings. The van der Waals surface area contributed by atoms with Crippen molar-refractivity contribution in [3.8, 4) is 17.3 Å². The van der Waals surface area contributed by atoms with E-state index in [2.05, 4.69) is 47.9 Å². The van der Waals surface area contributed by atoms with Crippen molar-refractivity contribution in [3.63, 3.8) is 0 Å². The maximum atomic E-state index is 5.43. The molecule has 0 amide bonds. The van der Waals surface area contributed by atoms with E-state index < -0.39 is 0 Å². The van der Waals surface area contributed by atoms with E-state index in [9.17, 15) is 0 Å². The second-order valence-corrected chi connectivity index (χ2v) is 5.31. The number of fused-ring (bicyclic) bond motifs is 1. The van der Waals surface area contributed by atoms with Crippen LogP contribution in [0.2, 0.25) is 0 Å². The van der Waals surface area contributed by atoms with E-state index in [0.717, 1.165) is 16.9 Å². The van der Waals surface area contributed by atoms with Crippen LogP contribution in [0.4, 0.5) is 0 Å². The number of hydrogen-bond acceptors (Lipinski definition) is 3. The van der Waals surface area contributed by atoms with Crippen molar-refractivity contribution in [2.24, 2.45) is 0 Å². The molecule has 2 aromatic heterocycles. The summed E-state index contributed by atoms with van der Waals surface area (Å²) in [7, 11) is 0. The predicted octanol–water partition coefficient (Wildman–Crippen LogP) is 3.95. The second-order valence-electron chi connectivity index (χ2n) is 5.31. The topological polar surface area (TPSA) is 50.8 Å². The molecule has 4 heteroatoms. The van der Waals surface area contributed by atoms with Gasteiger partial charge in [0.15, 0.2) is 5.65 Å². The van der Waals surface area contributed by atoms with Gasteiger partial charge < -0.3 is 9.72 Å². The largest absolute Gasteiger partial charge is 0.478 e. The van der Waals surface area contributed by atoms with E-state index in [1.54, 1.807) is 0 Å². The summed E-state index contributed by atoms with van der Waals surface area (Å²) in [6, 6.07) is 8.18. The van der Waals surface area contributed by atoms with Gasteiger partial charge in [0, 0.05) is 11.6 Å². The van der Waals surface area contributed by atoms with Gasteiger partial charge in [-0.1, -0.05) is 17.7 Å². The Labute approximate surface area is 124 Å². The van der Waals surface area contributed by atoms with Crippen LogP contribution < -0.4 is 4.74 Å². The van der Waals surface area contributed by atoms with E-state index in [1.807, 2.05) is 19.1 Å². The number of rotatable bonds is 3. The summed E-state index contributed by atoms with van der Waals surface area (Å²) in [6.07, 6.45) is 0. The van der Waals surface area contributed by atoms with Gasteiger partial charge in [0.05, 0.1) is 12.1 Å². The summed E-state index contributed by atoms with van der Waals surface area (Å²) in [6.45, 7) is 8.88. The fourth-order valence-electron chi connectivity index (χ4n) is 2.78. The molecule has 0 unspecified atom stereocenters. The Morgan fingerprint density at radius 1 is 1.05 bits per heavy atom. The first-order valence-corrected chi connectivity index (χ1v) is 7.16. The van der Waals surface area contributed by atoms with Gasteiger partial charge in [-0.25, -0.2) is 4.98 Å². The molecule has 3 rings (SSSR count). The first-order chi connectivity index (χ1) is 10.1. The van der Waals surface area contributed by atoms with Crippen molar-refractivity contribution in [2.45, 2.75) is 27.7 Å². The van der Waals surface area contributed by atoms with Crippen LogP contribution in [0.3, 0.4) is 0 Å². The van der Waals surface area contributed by atoms with E-state index >= 15 is 0 Å². The fourth-order valence-corrected chi connectivity index (χ4v) is 2.78. The molecule has 0 saturated carbocycles. The lowest BCUT2D eigenvalue weighted by Crippen LogP contribution is -1.93. The van der Waals surface area contributed by atoms with Gasteiger partial charge in [-0.05, 0) is 44.9 Å². The number of nitrogens with one attached hydrogen (secondary N) is 1. The zero-order valence-corrected chi connectivity index (χ0v) is 12.8. The number of aromatic amines is 1. The van der Waals surface area contributed by atoms with Gasteiger partial charge in [0.25, 0.3) is 0 Å². The lowest BCUT2D eigenvalue weighted by Gasteiger charge is -2.08. The molecule has 108 valence electrons. The van der Waals surface area contributed by atoms with Crippen LogP contribution in [0.15, 0.2) is 24.3 Å². The van der Waals surface area contributed by atoms with Crippen molar-refractivity contribution < 1.29 is 4.74 Å². The number of ether oxygens (including phenoxy) is 1. The summed E-state index contributed by atoms with van der Waals surface area (Å²) in [4.78, 5) is 12.4. The third-order valence-electron chi connectivity index (χ3n) is 3.53. The third-order valence-corrected chi connectivity index (χ3v) is 3.53. The molecule has 2 heterocycles. The number of benzene rings is 1. The molecule has 0 atom stereocenters. The van der Waals surface area contributed by atoms with Crippen LogP contribution in [0.1, 0.15) is 23.6 Å². The molecular formula is C17H19N3O. The minimum absolute atomic E-state index is 0.603. The lowest BCUT2D eigenvalue weighted by molar-refractivity contribution is 0.328. The molecule has 21 heavy (non-hydrogen) atoms. The van der Waals surface area contributed by atoms with Crippen LogP contribution >= 0.6 is 0 Å². The van der Waals surface area contributed by atoms with Crippen molar-refractivity contribution in [1.82, 2.24) is 15.0 Å². The smallest absolute Gasteiger partial charge is 0.215 e. The minimum atomic E-state index is 0.603. The number of imidazole rings is 1. The van der Waals surface area contributed by atoms with E-state index in [1.165, 1.54) is 16.7 Å². The Hall–Kier alpha value is -2.36. The average Bonchev–Trinajstić information content (AvgIpc) is 2.80. The van der Waals surface area contributed by atoms with E-state index in [0.29, 0.717) is 18.1 Å². The highest BCUT2D eigenvalue weighted by Gasteiger charge is 2.12. The number of H-pyrrole nitrogens is 1. The number of hydrogen-bond donors (Lipinski definition) is 1. The molecule has 0 aliphatic carbocycles. The summed E-state index contributed by atoms with van der Waals surface area (Å²) in [5.41, 5.74) is 6.47. The summed E-state index contributed by atoms with van der Waals surface area (Å²) in [5.74, 6) is 1.47. The molecule has 4 nitrogen and oxygen atoms in total. The Morgan fingerprint density at radius 3 is 2.43 bits per heavy atom. The second kappa shape index (κ2) is 5.20. The molecule has 0 saturated heterocycles. The van der Waals surface area contributed by atoms with Crippen LogP contribution in [0.25, 0.3) is 22.6 Å². The van der Waals surface area contributed by atoms with E-state index in [-0.39, 0.29) is 0 Å². The van der Waals surface area contributed by atoms with Gasteiger partial charge in [0.2, 0.25) is 5.88 Å². The van der Waals surface area contributed by atoms with Gasteiger partial charge in [-0.3, -0.25) is 0 Å². The average molecular weight is 281 g/mol. The molecule has 0 spiro atoms. The first kappa shape index (κ1) is 13.6. The van der Waals surface area contributed by atoms with Gasteiger partial charge >= 0.3 is 0 Å². The molecule has 1 N–H and O–H groups in total. The molecule has 0 radical (unpaired) electrons. The minimum Gasteiger partial charge on any atom is -0.478 e. The van der Waals surface area contributed by atoms with Crippen molar-refractivity contribution in [3.05, 3.63) is 41.0 Å². The Balaban J connectivity index is 2.13. The third kappa shape index (κ3) is 2.49. The van der Waals surface area contributed by atoms with Crippen LogP contribution in [-0.4, -0.2) is 21.6 Å². The number of aryl methyl sites for hydroxylation is 3. The Morgan fingerprint density at radius 2 is 1.76 bits per heavy atom. The summed E-state index contributed by atoms with van der Waals surface area (Å²) >= 11 is 0. The zero-order chi connectivity index (χ0) is 15.0. The Kier molecular flexibility index (Phi) is 3.37. The molecule has 3 aromatic rings. The molecule has 1 aromatic carbocycles. The molecular weight excluding hydrogens is 262 g/mol. The normalized spacial score (nSPS) is 11.0. The van der Waals surface area contributed by atoms with Gasteiger partial charge in [-0.2, -0.15) is 4.98 Å². The monoisotopic (exact) mass is 281 g/mol. The van der Waals surface area contributed by atoms with Crippen molar-refractivity contribution in [1.29, 1.82) is 0 Å². The number of aromatic nitrogens is 3. The number of pyridine rings is 1. The predicted molar refractivity (Wildman–Crippen MR) is 84.7 cm³/mol. The highest BCUT2D eigenvalue weighted by molar-refractivity contribution is 5.78. The summed E-state index contributed by atoms with van der Waals surface area (Å²) in [5, 5.41) is 0. The SMILES string of the molecule is CCOc1ccc2[nH]c(-c3c(C)cc(C)cc3C)nc2n1. The van der Waals surface area contributed by atoms with Crippen molar-refractivity contribution in [2.75, 3.05) is 6.61 Å². The van der Waals surface area contributed by atoms with Crippen LogP contribution in [-0.2, 0) is 0 Å². The first-order valence-electron chi connectivity index (χ1n) is 7.16. The maximum Gasteiger partial charge on any atom is 0.215 e. The molecule has 0 aliphatic heterocycles. The van der Waals surface area contributed by atoms with Gasteiger partial charge in [0.1, 0.15) is 5.82 Å². The Bertz CT molecular complexity index is 782. The number of nitrogens with zero attached hydrogens (tertiary/aromatic N) is 2. The fraction of sp³-hybridized carbons (Fsp3) is 0.294. The lowest BCUT2D eigenvalue weighted by atomic mass is 9.99. The van der Waals surface area contributed by atoms with Crippen LogP contribution in [0, 0.1) is 20.8 Å². The molecule has 0 aliphatic rings. The van der Waals surface area contributed by atoms with Gasteiger partial charge in [-0.15, -0.1) is 0 Å². The maximum absolute atomic E-state index is 5.43. The van der Waals surface area contributed by atoms with E-state index in [4.69, 9.17) is 4.74 Å². The highest BCUT2D eigenvalue weighted by Crippen LogP contribution is 2.28. The molecule has 0 bridgehead atoms. The highest BCUT2D eigenvalue weighted by atomic mass is 16.5. The zero-order valence-electron chi connectivity index (χ0n) is 12.8. The standard InChI is InChI=1S/C17H19N3O/c1-5-21-14-7-6-13-16(19-14)20-17(18-13)15-11(3)8-10(2)9-12(15)4/h6-9H,5H2,1-4H3,(H,18,19,20). The summed E-state index contributed by atoms with van der Waals surface area (Å²) < 4.78 is 5.43.